The Morgan fingerprint density at radius 1 is 0.966 bits per heavy atom. The fourth-order valence-corrected chi connectivity index (χ4v) is 3.12. The number of aromatic nitrogens is 4. The van der Waals surface area contributed by atoms with Gasteiger partial charge >= 0.3 is 0 Å². The Morgan fingerprint density at radius 3 is 2.38 bits per heavy atom. The van der Waals surface area contributed by atoms with Gasteiger partial charge in [-0.25, -0.2) is 9.97 Å². The van der Waals surface area contributed by atoms with Crippen molar-refractivity contribution in [2.45, 2.75) is 0 Å². The summed E-state index contributed by atoms with van der Waals surface area (Å²) in [6.07, 6.45) is 3.23. The highest BCUT2D eigenvalue weighted by molar-refractivity contribution is 5.92. The van der Waals surface area contributed by atoms with Crippen molar-refractivity contribution in [3.63, 3.8) is 0 Å². The standard InChI is InChI=1S/C20H20N6O3/c1-27-16-8-12(9-17(28-2)18(16)29-3)24-19-22-11-23-20(25-19)26-10-14(21)13-6-4-5-7-15(13)26/h4-11H,21H2,1-3H3,(H,22,23,24,25). The molecule has 4 rings (SSSR count). The van der Waals surface area contributed by atoms with Crippen LogP contribution in [0.25, 0.3) is 16.9 Å². The zero-order valence-corrected chi connectivity index (χ0v) is 16.2. The summed E-state index contributed by atoms with van der Waals surface area (Å²) in [5.74, 6) is 2.36. The molecule has 2 aromatic heterocycles. The van der Waals surface area contributed by atoms with Gasteiger partial charge in [0.15, 0.2) is 11.5 Å². The zero-order valence-electron chi connectivity index (χ0n) is 16.2. The molecule has 0 aliphatic rings. The number of hydrogen-bond donors (Lipinski definition) is 2. The molecule has 0 unspecified atom stereocenters. The van der Waals surface area contributed by atoms with Gasteiger partial charge in [0.25, 0.3) is 0 Å². The first kappa shape index (κ1) is 18.4. The van der Waals surface area contributed by atoms with E-state index >= 15 is 0 Å². The molecule has 29 heavy (non-hydrogen) atoms. The van der Waals surface area contributed by atoms with Gasteiger partial charge in [0.2, 0.25) is 17.6 Å². The third-order valence-corrected chi connectivity index (χ3v) is 4.44. The Balaban J connectivity index is 1.72. The van der Waals surface area contributed by atoms with E-state index in [1.54, 1.807) is 39.7 Å². The molecular weight excluding hydrogens is 372 g/mol. The van der Waals surface area contributed by atoms with Crippen LogP contribution in [0.5, 0.6) is 17.2 Å². The molecule has 0 aliphatic carbocycles. The minimum atomic E-state index is 0.362. The van der Waals surface area contributed by atoms with Crippen molar-refractivity contribution in [3.05, 3.63) is 48.9 Å². The highest BCUT2D eigenvalue weighted by Gasteiger charge is 2.15. The number of nitrogens with one attached hydrogen (secondary N) is 1. The minimum Gasteiger partial charge on any atom is -0.493 e. The topological polar surface area (TPSA) is 109 Å². The molecule has 2 heterocycles. The first-order valence-electron chi connectivity index (χ1n) is 8.76. The second kappa shape index (κ2) is 7.55. The van der Waals surface area contributed by atoms with Gasteiger partial charge < -0.3 is 25.3 Å². The van der Waals surface area contributed by atoms with Crippen molar-refractivity contribution < 1.29 is 14.2 Å². The predicted molar refractivity (Wildman–Crippen MR) is 110 cm³/mol. The second-order valence-electron chi connectivity index (χ2n) is 6.12. The van der Waals surface area contributed by atoms with Gasteiger partial charge in [-0.3, -0.25) is 4.57 Å². The molecule has 0 bridgehead atoms. The average Bonchev–Trinajstić information content (AvgIpc) is 3.10. The van der Waals surface area contributed by atoms with E-state index in [-0.39, 0.29) is 0 Å². The summed E-state index contributed by atoms with van der Waals surface area (Å²) in [5.41, 5.74) is 8.36. The van der Waals surface area contributed by atoms with Gasteiger partial charge in [0, 0.05) is 29.4 Å². The first-order chi connectivity index (χ1) is 14.1. The average molecular weight is 392 g/mol. The largest absolute Gasteiger partial charge is 0.493 e. The van der Waals surface area contributed by atoms with Crippen LogP contribution in [0.15, 0.2) is 48.9 Å². The molecule has 0 aliphatic heterocycles. The Hall–Kier alpha value is -4.01. The van der Waals surface area contributed by atoms with Gasteiger partial charge in [-0.15, -0.1) is 0 Å². The van der Waals surface area contributed by atoms with Crippen molar-refractivity contribution in [2.24, 2.45) is 0 Å². The number of methoxy groups -OCH3 is 3. The van der Waals surface area contributed by atoms with Gasteiger partial charge in [-0.05, 0) is 6.07 Å². The number of nitrogen functional groups attached to an aromatic ring is 1. The fraction of sp³-hybridized carbons (Fsp3) is 0.150. The van der Waals surface area contributed by atoms with Crippen molar-refractivity contribution >= 4 is 28.2 Å². The molecule has 0 atom stereocenters. The number of anilines is 3. The van der Waals surface area contributed by atoms with Gasteiger partial charge in [-0.2, -0.15) is 4.98 Å². The molecule has 0 radical (unpaired) electrons. The maximum Gasteiger partial charge on any atom is 0.239 e. The lowest BCUT2D eigenvalue weighted by atomic mass is 10.2. The smallest absolute Gasteiger partial charge is 0.239 e. The number of fused-ring (bicyclic) bond motifs is 1. The lowest BCUT2D eigenvalue weighted by molar-refractivity contribution is 0.324. The van der Waals surface area contributed by atoms with Gasteiger partial charge in [0.1, 0.15) is 6.33 Å². The van der Waals surface area contributed by atoms with E-state index in [1.807, 2.05) is 28.8 Å². The van der Waals surface area contributed by atoms with E-state index in [0.717, 1.165) is 10.9 Å². The van der Waals surface area contributed by atoms with Crippen molar-refractivity contribution in [1.29, 1.82) is 0 Å². The summed E-state index contributed by atoms with van der Waals surface area (Å²) in [6, 6.07) is 11.3. The van der Waals surface area contributed by atoms with Crippen LogP contribution in [-0.4, -0.2) is 40.8 Å². The van der Waals surface area contributed by atoms with E-state index in [4.69, 9.17) is 19.9 Å². The van der Waals surface area contributed by atoms with Crippen LogP contribution in [0.3, 0.4) is 0 Å². The molecule has 9 heteroatoms. The first-order valence-corrected chi connectivity index (χ1v) is 8.76. The third-order valence-electron chi connectivity index (χ3n) is 4.44. The molecule has 2 aromatic carbocycles. The van der Waals surface area contributed by atoms with E-state index in [1.165, 1.54) is 6.33 Å². The van der Waals surface area contributed by atoms with Gasteiger partial charge in [0.05, 0.1) is 32.5 Å². The zero-order chi connectivity index (χ0) is 20.4. The lowest BCUT2D eigenvalue weighted by Crippen LogP contribution is -2.05. The minimum absolute atomic E-state index is 0.362. The van der Waals surface area contributed by atoms with E-state index in [9.17, 15) is 0 Å². The molecule has 0 spiro atoms. The molecule has 0 amide bonds. The number of hydrogen-bond acceptors (Lipinski definition) is 8. The van der Waals surface area contributed by atoms with Crippen LogP contribution in [0.4, 0.5) is 17.3 Å². The number of para-hydroxylation sites is 1. The molecule has 9 nitrogen and oxygen atoms in total. The molecule has 4 aromatic rings. The number of ether oxygens (including phenoxy) is 3. The third kappa shape index (κ3) is 3.33. The summed E-state index contributed by atoms with van der Waals surface area (Å²) >= 11 is 0. The maximum absolute atomic E-state index is 6.12. The normalized spacial score (nSPS) is 10.7. The summed E-state index contributed by atoms with van der Waals surface area (Å²) in [4.78, 5) is 13.0. The number of nitrogens with zero attached hydrogens (tertiary/aromatic N) is 4. The van der Waals surface area contributed by atoms with Crippen molar-refractivity contribution in [2.75, 3.05) is 32.4 Å². The lowest BCUT2D eigenvalue weighted by Gasteiger charge is -2.14. The van der Waals surface area contributed by atoms with Crippen LogP contribution >= 0.6 is 0 Å². The summed E-state index contributed by atoms with van der Waals surface area (Å²) in [5, 5.41) is 4.08. The Bertz CT molecular complexity index is 1150. The van der Waals surface area contributed by atoms with Crippen molar-refractivity contribution in [3.8, 4) is 23.2 Å². The molecule has 0 fully saturated rings. The number of benzene rings is 2. The van der Waals surface area contributed by atoms with E-state index in [2.05, 4.69) is 20.3 Å². The SMILES string of the molecule is COc1cc(Nc2ncnc(-n3cc(N)c4ccccc43)n2)cc(OC)c1OC. The molecule has 0 saturated carbocycles. The van der Waals surface area contributed by atoms with Crippen LogP contribution in [0.2, 0.25) is 0 Å². The number of nitrogens with two attached hydrogens (primary N) is 1. The van der Waals surface area contributed by atoms with E-state index in [0.29, 0.717) is 40.5 Å². The quantitative estimate of drug-likeness (QED) is 0.515. The van der Waals surface area contributed by atoms with E-state index < -0.39 is 0 Å². The van der Waals surface area contributed by atoms with Crippen molar-refractivity contribution in [1.82, 2.24) is 19.5 Å². The fourth-order valence-electron chi connectivity index (χ4n) is 3.12. The summed E-state index contributed by atoms with van der Waals surface area (Å²) < 4.78 is 17.9. The molecule has 148 valence electrons. The van der Waals surface area contributed by atoms with Gasteiger partial charge in [-0.1, -0.05) is 18.2 Å². The summed E-state index contributed by atoms with van der Waals surface area (Å²) in [6.45, 7) is 0. The highest BCUT2D eigenvalue weighted by Crippen LogP contribution is 2.40. The predicted octanol–water partition coefficient (Wildman–Crippen LogP) is 3.17. The highest BCUT2D eigenvalue weighted by atomic mass is 16.5. The maximum atomic E-state index is 6.12. The molecular formula is C20H20N6O3. The molecule has 3 N–H and O–H groups in total. The van der Waals surface area contributed by atoms with Crippen LogP contribution in [0, 0.1) is 0 Å². The summed E-state index contributed by atoms with van der Waals surface area (Å²) in [7, 11) is 4.67. The molecule has 0 saturated heterocycles. The Kier molecular flexibility index (Phi) is 4.78. The second-order valence-corrected chi connectivity index (χ2v) is 6.12. The van der Waals surface area contributed by atoms with Crippen LogP contribution in [0.1, 0.15) is 0 Å². The monoisotopic (exact) mass is 392 g/mol. The Morgan fingerprint density at radius 2 is 1.69 bits per heavy atom. The Labute approximate surface area is 167 Å². The van der Waals surface area contributed by atoms with Crippen LogP contribution < -0.4 is 25.3 Å². The van der Waals surface area contributed by atoms with Crippen LogP contribution in [-0.2, 0) is 0 Å². The number of rotatable bonds is 6.